The highest BCUT2D eigenvalue weighted by Crippen LogP contribution is 2.34. The second-order valence-corrected chi connectivity index (χ2v) is 9.28. The fraction of sp³-hybridized carbons (Fsp3) is 0. The number of nitrogens with zero attached hydrogens (tertiary/aromatic N) is 2. The van der Waals surface area contributed by atoms with Crippen LogP contribution in [0.2, 0.25) is 0 Å². The first-order chi connectivity index (χ1) is 18.7. The monoisotopic (exact) mass is 494 g/mol. The topological polar surface area (TPSA) is 70.3 Å². The molecule has 0 unspecified atom stereocenters. The van der Waals surface area contributed by atoms with Gasteiger partial charge in [-0.2, -0.15) is 0 Å². The summed E-state index contributed by atoms with van der Waals surface area (Å²) in [6.45, 7) is 0. The van der Waals surface area contributed by atoms with Crippen molar-refractivity contribution in [2.75, 3.05) is 0 Å². The van der Waals surface area contributed by atoms with E-state index in [2.05, 4.69) is 0 Å². The predicted molar refractivity (Wildman–Crippen MR) is 150 cm³/mol. The molecule has 3 heterocycles. The summed E-state index contributed by atoms with van der Waals surface area (Å²) in [6.07, 6.45) is 0. The van der Waals surface area contributed by atoms with Crippen molar-refractivity contribution in [2.24, 2.45) is 0 Å². The minimum Gasteiger partial charge on any atom is -0.454 e. The molecule has 3 aromatic heterocycles. The first-order valence-electron chi connectivity index (χ1n) is 12.3. The summed E-state index contributed by atoms with van der Waals surface area (Å²) in [5.41, 5.74) is 3.02. The molecule has 0 radical (unpaired) electrons. The molecule has 0 bridgehead atoms. The molecule has 0 atom stereocenters. The molecule has 0 aliphatic rings. The van der Waals surface area contributed by atoms with Crippen molar-refractivity contribution in [3.05, 3.63) is 130 Å². The normalized spacial score (nSPS) is 11.9. The molecule has 0 amide bonds. The highest BCUT2D eigenvalue weighted by molar-refractivity contribution is 6.08. The Balaban J connectivity index is 1.54. The molecule has 8 rings (SSSR count). The summed E-state index contributed by atoms with van der Waals surface area (Å²) >= 11 is 0. The third-order valence-corrected chi connectivity index (χ3v) is 7.21. The number of para-hydroxylation sites is 5. The van der Waals surface area contributed by atoms with Gasteiger partial charge in [0.2, 0.25) is 0 Å². The summed E-state index contributed by atoms with van der Waals surface area (Å²) in [7, 11) is 0. The summed E-state index contributed by atoms with van der Waals surface area (Å²) in [5, 5.41) is 4.02. The van der Waals surface area contributed by atoms with E-state index in [-0.39, 0.29) is 0 Å². The summed E-state index contributed by atoms with van der Waals surface area (Å²) in [6, 6.07) is 33.8. The lowest BCUT2D eigenvalue weighted by atomic mass is 10.1. The Kier molecular flexibility index (Phi) is 4.14. The highest BCUT2D eigenvalue weighted by atomic mass is 16.3. The third kappa shape index (κ3) is 2.71. The number of rotatable bonds is 2. The van der Waals surface area contributed by atoms with E-state index < -0.39 is 11.2 Å². The van der Waals surface area contributed by atoms with E-state index in [1.54, 1.807) is 28.8 Å². The van der Waals surface area contributed by atoms with Gasteiger partial charge in [0.25, 0.3) is 5.56 Å². The minimum absolute atomic E-state index is 0.394. The van der Waals surface area contributed by atoms with Crippen molar-refractivity contribution in [1.82, 2.24) is 9.13 Å². The number of furan rings is 2. The Labute approximate surface area is 214 Å². The lowest BCUT2D eigenvalue weighted by Crippen LogP contribution is -2.38. The zero-order valence-corrected chi connectivity index (χ0v) is 19.9. The maximum Gasteiger partial charge on any atom is 0.341 e. The summed E-state index contributed by atoms with van der Waals surface area (Å²) < 4.78 is 15.2. The first-order valence-corrected chi connectivity index (χ1v) is 12.3. The van der Waals surface area contributed by atoms with Gasteiger partial charge in [-0.3, -0.25) is 9.36 Å². The van der Waals surface area contributed by atoms with E-state index in [1.807, 2.05) is 84.9 Å². The highest BCUT2D eigenvalue weighted by Gasteiger charge is 2.21. The van der Waals surface area contributed by atoms with E-state index in [1.165, 1.54) is 4.57 Å². The van der Waals surface area contributed by atoms with Crippen LogP contribution in [0.4, 0.5) is 0 Å². The van der Waals surface area contributed by atoms with Crippen LogP contribution in [0.1, 0.15) is 0 Å². The van der Waals surface area contributed by atoms with E-state index in [9.17, 15) is 9.59 Å². The lowest BCUT2D eigenvalue weighted by molar-refractivity contribution is 0.659. The molecule has 0 saturated carbocycles. The third-order valence-electron chi connectivity index (χ3n) is 7.21. The van der Waals surface area contributed by atoms with Crippen LogP contribution in [0.3, 0.4) is 0 Å². The van der Waals surface area contributed by atoms with E-state index in [4.69, 9.17) is 8.83 Å². The van der Waals surface area contributed by atoms with Gasteiger partial charge >= 0.3 is 5.69 Å². The maximum absolute atomic E-state index is 14.4. The molecule has 0 aliphatic heterocycles. The zero-order valence-electron chi connectivity index (χ0n) is 19.9. The molecule has 0 N–H and O–H groups in total. The van der Waals surface area contributed by atoms with Crippen molar-refractivity contribution in [1.29, 1.82) is 0 Å². The van der Waals surface area contributed by atoms with Crippen molar-refractivity contribution in [3.63, 3.8) is 0 Å². The van der Waals surface area contributed by atoms with Gasteiger partial charge in [-0.25, -0.2) is 9.36 Å². The van der Waals surface area contributed by atoms with Crippen molar-refractivity contribution in [3.8, 4) is 11.4 Å². The molecule has 38 heavy (non-hydrogen) atoms. The quantitative estimate of drug-likeness (QED) is 0.261. The van der Waals surface area contributed by atoms with E-state index in [0.717, 1.165) is 27.1 Å². The van der Waals surface area contributed by atoms with Crippen molar-refractivity contribution >= 4 is 54.8 Å². The molecule has 0 aliphatic carbocycles. The Hall–Kier alpha value is -5.36. The van der Waals surface area contributed by atoms with Crippen molar-refractivity contribution < 1.29 is 8.83 Å². The average Bonchev–Trinajstić information content (AvgIpc) is 3.53. The van der Waals surface area contributed by atoms with Crippen LogP contribution < -0.4 is 11.2 Å². The number of hydrogen-bond donors (Lipinski definition) is 0. The van der Waals surface area contributed by atoms with Crippen LogP contribution in [0.5, 0.6) is 0 Å². The van der Waals surface area contributed by atoms with Gasteiger partial charge in [0.1, 0.15) is 11.2 Å². The van der Waals surface area contributed by atoms with Crippen LogP contribution in [0.25, 0.3) is 66.2 Å². The average molecular weight is 495 g/mol. The molecule has 0 fully saturated rings. The van der Waals surface area contributed by atoms with Crippen LogP contribution in [0, 0.1) is 0 Å². The van der Waals surface area contributed by atoms with E-state index >= 15 is 0 Å². The molecular weight excluding hydrogens is 476 g/mol. The molecule has 5 aromatic carbocycles. The second-order valence-electron chi connectivity index (χ2n) is 9.28. The van der Waals surface area contributed by atoms with Gasteiger partial charge in [-0.1, -0.05) is 72.8 Å². The molecule has 6 nitrogen and oxygen atoms in total. The number of hydrogen-bond acceptors (Lipinski definition) is 4. The standard InChI is InChI=1S/C32H18N2O4/c35-31-23-11-1-4-14-24(23)33(25-15-7-12-21-19-9-2-5-17-27(19)37-29(21)25)32(36)34(31)26-16-8-13-22-20-10-3-6-18-28(20)38-30(22)26/h1-18H. The number of fused-ring (bicyclic) bond motifs is 7. The summed E-state index contributed by atoms with van der Waals surface area (Å²) in [5.74, 6) is 0. The first kappa shape index (κ1) is 20.8. The number of aromatic nitrogens is 2. The van der Waals surface area contributed by atoms with Crippen LogP contribution in [-0.4, -0.2) is 9.13 Å². The fourth-order valence-corrected chi connectivity index (χ4v) is 5.52. The smallest absolute Gasteiger partial charge is 0.341 e. The Morgan fingerprint density at radius 3 is 1.53 bits per heavy atom. The van der Waals surface area contributed by atoms with Gasteiger partial charge in [0.05, 0.1) is 22.3 Å². The molecule has 0 spiro atoms. The van der Waals surface area contributed by atoms with E-state index in [0.29, 0.717) is 39.0 Å². The molecule has 180 valence electrons. The fourth-order valence-electron chi connectivity index (χ4n) is 5.52. The summed E-state index contributed by atoms with van der Waals surface area (Å²) in [4.78, 5) is 28.2. The predicted octanol–water partition coefficient (Wildman–Crippen LogP) is 6.94. The molecule has 0 saturated heterocycles. The van der Waals surface area contributed by atoms with Crippen molar-refractivity contribution in [2.45, 2.75) is 0 Å². The van der Waals surface area contributed by atoms with Crippen LogP contribution >= 0.6 is 0 Å². The Morgan fingerprint density at radius 2 is 0.921 bits per heavy atom. The Bertz CT molecular complexity index is 2350. The van der Waals surface area contributed by atoms with Gasteiger partial charge in [0, 0.05) is 21.5 Å². The lowest BCUT2D eigenvalue weighted by Gasteiger charge is -2.14. The minimum atomic E-state index is -0.505. The van der Waals surface area contributed by atoms with Crippen LogP contribution in [0.15, 0.2) is 128 Å². The van der Waals surface area contributed by atoms with Gasteiger partial charge in [-0.15, -0.1) is 0 Å². The zero-order chi connectivity index (χ0) is 25.4. The molecular formula is C32H18N2O4. The largest absolute Gasteiger partial charge is 0.454 e. The molecule has 8 aromatic rings. The second kappa shape index (κ2) is 7.57. The van der Waals surface area contributed by atoms with Crippen LogP contribution in [-0.2, 0) is 0 Å². The molecule has 6 heteroatoms. The van der Waals surface area contributed by atoms with Gasteiger partial charge < -0.3 is 8.83 Å². The van der Waals surface area contributed by atoms with Gasteiger partial charge in [0.15, 0.2) is 11.2 Å². The number of benzene rings is 5. The maximum atomic E-state index is 14.4. The SMILES string of the molecule is O=c1c2ccccc2n(-c2cccc3c2oc2ccccc23)c(=O)n1-c1cccc2c1oc1ccccc12. The van der Waals surface area contributed by atoms with Gasteiger partial charge in [-0.05, 0) is 36.4 Å². The Morgan fingerprint density at radius 1 is 0.447 bits per heavy atom.